The van der Waals surface area contributed by atoms with E-state index in [0.717, 1.165) is 12.5 Å². The van der Waals surface area contributed by atoms with Gasteiger partial charge in [-0.2, -0.15) is 10.1 Å². The Labute approximate surface area is 172 Å². The van der Waals surface area contributed by atoms with Crippen molar-refractivity contribution in [2.45, 2.75) is 18.0 Å². The number of aliphatic hydroxyl groups excluding tert-OH is 1. The van der Waals surface area contributed by atoms with Crippen molar-refractivity contribution in [3.63, 3.8) is 0 Å². The van der Waals surface area contributed by atoms with Crippen LogP contribution in [0.5, 0.6) is 5.75 Å². The summed E-state index contributed by atoms with van der Waals surface area (Å²) in [4.78, 5) is 8.14. The minimum Gasteiger partial charge on any atom is -0.496 e. The first-order chi connectivity index (χ1) is 14.3. The Morgan fingerprint density at radius 2 is 2.10 bits per heavy atom. The highest BCUT2D eigenvalue weighted by molar-refractivity contribution is 7.90. The van der Waals surface area contributed by atoms with E-state index in [-0.39, 0.29) is 29.8 Å². The highest BCUT2D eigenvalue weighted by Gasteiger charge is 2.13. The molecule has 12 heteroatoms. The maximum Gasteiger partial charge on any atom is 0.229 e. The van der Waals surface area contributed by atoms with E-state index in [1.54, 1.807) is 12.3 Å². The molecule has 30 heavy (non-hydrogen) atoms. The third-order valence-corrected chi connectivity index (χ3v) is 5.20. The lowest BCUT2D eigenvalue weighted by Gasteiger charge is -2.12. The fourth-order valence-electron chi connectivity index (χ4n) is 2.64. The van der Waals surface area contributed by atoms with Crippen LogP contribution < -0.4 is 15.4 Å². The predicted molar refractivity (Wildman–Crippen MR) is 108 cm³/mol. The summed E-state index contributed by atoms with van der Waals surface area (Å²) < 4.78 is 44.6. The van der Waals surface area contributed by atoms with Crippen LogP contribution in [-0.4, -0.2) is 53.2 Å². The lowest BCUT2D eigenvalue weighted by atomic mass is 10.2. The number of methoxy groups -OCH3 is 1. The Kier molecular flexibility index (Phi) is 6.47. The minimum atomic E-state index is -3.40. The molecule has 1 aromatic carbocycles. The first-order valence-electron chi connectivity index (χ1n) is 8.84. The van der Waals surface area contributed by atoms with E-state index in [1.165, 1.54) is 30.1 Å². The second-order valence-electron chi connectivity index (χ2n) is 6.33. The average Bonchev–Trinajstić information content (AvgIpc) is 3.14. The molecule has 2 heterocycles. The van der Waals surface area contributed by atoms with E-state index in [0.29, 0.717) is 23.5 Å². The van der Waals surface area contributed by atoms with Crippen molar-refractivity contribution in [1.29, 1.82) is 0 Å². The lowest BCUT2D eigenvalue weighted by Crippen LogP contribution is -2.08. The van der Waals surface area contributed by atoms with Crippen LogP contribution in [0.1, 0.15) is 5.56 Å². The largest absolute Gasteiger partial charge is 0.496 e. The number of nitrogens with zero attached hydrogens (tertiary/aromatic N) is 4. The average molecular weight is 436 g/mol. The van der Waals surface area contributed by atoms with E-state index in [2.05, 4.69) is 25.7 Å². The van der Waals surface area contributed by atoms with Gasteiger partial charge in [-0.25, -0.2) is 17.8 Å². The molecule has 2 aromatic heterocycles. The van der Waals surface area contributed by atoms with Gasteiger partial charge in [-0.3, -0.25) is 4.68 Å². The summed E-state index contributed by atoms with van der Waals surface area (Å²) in [5.74, 6) is -0.143. The summed E-state index contributed by atoms with van der Waals surface area (Å²) in [6.45, 7) is 0.369. The van der Waals surface area contributed by atoms with Crippen LogP contribution in [0, 0.1) is 5.82 Å². The van der Waals surface area contributed by atoms with Gasteiger partial charge in [0.2, 0.25) is 5.95 Å². The Morgan fingerprint density at radius 1 is 1.30 bits per heavy atom. The van der Waals surface area contributed by atoms with Gasteiger partial charge in [0, 0.05) is 24.6 Å². The number of rotatable bonds is 9. The molecule has 3 rings (SSSR count). The van der Waals surface area contributed by atoms with Gasteiger partial charge >= 0.3 is 0 Å². The monoisotopic (exact) mass is 436 g/mol. The smallest absolute Gasteiger partial charge is 0.229 e. The van der Waals surface area contributed by atoms with Crippen molar-refractivity contribution < 1.29 is 22.7 Å². The molecule has 0 radical (unpaired) electrons. The Morgan fingerprint density at radius 3 is 2.80 bits per heavy atom. The zero-order chi connectivity index (χ0) is 21.7. The van der Waals surface area contributed by atoms with Gasteiger partial charge in [-0.1, -0.05) is 0 Å². The highest BCUT2D eigenvalue weighted by Crippen LogP contribution is 2.24. The molecule has 10 nitrogen and oxygen atoms in total. The third-order valence-electron chi connectivity index (χ3n) is 4.09. The maximum absolute atomic E-state index is 14.2. The summed E-state index contributed by atoms with van der Waals surface area (Å²) in [6.07, 6.45) is 5.30. The molecule has 0 aliphatic heterocycles. The summed E-state index contributed by atoms with van der Waals surface area (Å²) in [5.41, 5.74) is 1.10. The molecular weight excluding hydrogens is 415 g/mol. The second kappa shape index (κ2) is 9.05. The fourth-order valence-corrected chi connectivity index (χ4v) is 3.31. The van der Waals surface area contributed by atoms with Gasteiger partial charge in [-0.05, 0) is 18.2 Å². The number of sulfone groups is 1. The maximum atomic E-state index is 14.2. The van der Waals surface area contributed by atoms with E-state index in [1.807, 2.05) is 0 Å². The van der Waals surface area contributed by atoms with Crippen molar-refractivity contribution in [3.05, 3.63) is 48.2 Å². The Hall–Kier alpha value is -3.25. The number of benzene rings is 1. The molecule has 0 bridgehead atoms. The molecule has 160 valence electrons. The first-order valence-corrected chi connectivity index (χ1v) is 10.7. The number of aliphatic hydroxyl groups is 1. The van der Waals surface area contributed by atoms with Crippen LogP contribution >= 0.6 is 0 Å². The minimum absolute atomic E-state index is 0.0494. The van der Waals surface area contributed by atoms with Crippen molar-refractivity contribution in [2.24, 2.45) is 0 Å². The molecule has 0 spiro atoms. The highest BCUT2D eigenvalue weighted by atomic mass is 32.2. The summed E-state index contributed by atoms with van der Waals surface area (Å²) in [6, 6.07) is 4.46. The molecule has 0 atom stereocenters. The number of anilines is 3. The van der Waals surface area contributed by atoms with E-state index >= 15 is 0 Å². The Bertz CT molecular complexity index is 1140. The van der Waals surface area contributed by atoms with Crippen LogP contribution in [0.4, 0.5) is 21.8 Å². The predicted octanol–water partition coefficient (Wildman–Crippen LogP) is 1.57. The zero-order valence-corrected chi connectivity index (χ0v) is 17.1. The molecule has 0 saturated carbocycles. The standard InChI is InChI=1S/C18H21FN6O4S/c1-29-16-4-3-14(30(2,27)28)7-12(16)8-20-17-15(19)10-21-18(24-17)23-13-9-22-25(11-13)5-6-26/h3-4,7,9-11,26H,5-6,8H2,1-2H3,(H2,20,21,23,24). The molecule has 3 N–H and O–H groups in total. The lowest BCUT2D eigenvalue weighted by molar-refractivity contribution is 0.269. The number of halogens is 1. The summed E-state index contributed by atoms with van der Waals surface area (Å²) in [7, 11) is -1.94. The van der Waals surface area contributed by atoms with Gasteiger partial charge in [-0.15, -0.1) is 0 Å². The molecule has 3 aromatic rings. The van der Waals surface area contributed by atoms with Gasteiger partial charge in [0.15, 0.2) is 21.5 Å². The molecule has 0 amide bonds. The van der Waals surface area contributed by atoms with Crippen molar-refractivity contribution in [3.8, 4) is 5.75 Å². The molecule has 0 aliphatic carbocycles. The van der Waals surface area contributed by atoms with Gasteiger partial charge in [0.1, 0.15) is 5.75 Å². The van der Waals surface area contributed by atoms with Gasteiger partial charge in [0.05, 0.1) is 43.2 Å². The Balaban J connectivity index is 1.77. The summed E-state index contributed by atoms with van der Waals surface area (Å²) >= 11 is 0. The number of hydrogen-bond donors (Lipinski definition) is 3. The van der Waals surface area contributed by atoms with Crippen LogP contribution in [0.3, 0.4) is 0 Å². The molecular formula is C18H21FN6O4S. The molecule has 0 aliphatic rings. The number of nitrogens with one attached hydrogen (secondary N) is 2. The van der Waals surface area contributed by atoms with Crippen LogP contribution in [0.25, 0.3) is 0 Å². The molecule has 0 fully saturated rings. The van der Waals surface area contributed by atoms with Gasteiger partial charge in [0.25, 0.3) is 0 Å². The normalized spacial score (nSPS) is 11.3. The quantitative estimate of drug-likeness (QED) is 0.457. The third kappa shape index (κ3) is 5.21. The number of ether oxygens (including phenoxy) is 1. The zero-order valence-electron chi connectivity index (χ0n) is 16.3. The molecule has 0 saturated heterocycles. The van der Waals surface area contributed by atoms with Crippen molar-refractivity contribution in [1.82, 2.24) is 19.7 Å². The second-order valence-corrected chi connectivity index (χ2v) is 8.35. The van der Waals surface area contributed by atoms with Crippen LogP contribution in [0.2, 0.25) is 0 Å². The number of hydrogen-bond acceptors (Lipinski definition) is 9. The van der Waals surface area contributed by atoms with Crippen molar-refractivity contribution in [2.75, 3.05) is 30.6 Å². The topological polar surface area (TPSA) is 131 Å². The van der Waals surface area contributed by atoms with E-state index < -0.39 is 15.7 Å². The first kappa shape index (κ1) is 21.5. The fraction of sp³-hybridized carbons (Fsp3) is 0.278. The van der Waals surface area contributed by atoms with E-state index in [4.69, 9.17) is 9.84 Å². The van der Waals surface area contributed by atoms with Gasteiger partial charge < -0.3 is 20.5 Å². The van der Waals surface area contributed by atoms with Crippen LogP contribution in [0.15, 0.2) is 41.7 Å². The van der Waals surface area contributed by atoms with Crippen molar-refractivity contribution >= 4 is 27.3 Å². The van der Waals surface area contributed by atoms with Crippen LogP contribution in [-0.2, 0) is 22.9 Å². The number of aromatic nitrogens is 4. The van der Waals surface area contributed by atoms with E-state index in [9.17, 15) is 12.8 Å². The SMILES string of the molecule is COc1ccc(S(C)(=O)=O)cc1CNc1nc(Nc2cnn(CCO)c2)ncc1F. The molecule has 0 unspecified atom stereocenters. The summed E-state index contributed by atoms with van der Waals surface area (Å²) in [5, 5.41) is 18.7.